The number of carbonyl (C=O) groups is 1. The quantitative estimate of drug-likeness (QED) is 0.452. The molecule has 0 radical (unpaired) electrons. The summed E-state index contributed by atoms with van der Waals surface area (Å²) in [6.45, 7) is 0.189. The number of hydrazine groups is 1. The summed E-state index contributed by atoms with van der Waals surface area (Å²) in [7, 11) is 0. The molecule has 0 spiro atoms. The normalized spacial score (nSPS) is 10.3. The Morgan fingerprint density at radius 1 is 1.39 bits per heavy atom. The maximum absolute atomic E-state index is 11.6. The number of amides is 1. The third kappa shape index (κ3) is 3.16. The van der Waals surface area contributed by atoms with Gasteiger partial charge in [0.2, 0.25) is 0 Å². The van der Waals surface area contributed by atoms with E-state index in [1.165, 1.54) is 0 Å². The van der Waals surface area contributed by atoms with Gasteiger partial charge in [0.25, 0.3) is 5.91 Å². The van der Waals surface area contributed by atoms with E-state index in [1.807, 2.05) is 29.0 Å². The van der Waals surface area contributed by atoms with Gasteiger partial charge in [0, 0.05) is 22.1 Å². The first-order valence-corrected chi connectivity index (χ1v) is 6.32. The fourth-order valence-corrected chi connectivity index (χ4v) is 1.91. The number of hydrogen-bond acceptors (Lipinski definition) is 2. The molecule has 94 valence electrons. The minimum absolute atomic E-state index is 0.189. The molecule has 18 heavy (non-hydrogen) atoms. The van der Waals surface area contributed by atoms with Gasteiger partial charge in [0.1, 0.15) is 10.9 Å². The van der Waals surface area contributed by atoms with Crippen LogP contribution in [0, 0.1) is 0 Å². The Balaban J connectivity index is 2.12. The van der Waals surface area contributed by atoms with Gasteiger partial charge in [-0.05, 0) is 24.3 Å². The SMILES string of the molecule is O=C(Cn1ccc2cc(Cl)ccc21)NNC(=S)S. The average molecular weight is 300 g/mol. The molecule has 1 heterocycles. The molecule has 4 nitrogen and oxygen atoms in total. The van der Waals surface area contributed by atoms with Crippen molar-refractivity contribution in [1.29, 1.82) is 0 Å². The van der Waals surface area contributed by atoms with E-state index in [1.54, 1.807) is 6.07 Å². The van der Waals surface area contributed by atoms with Crippen LogP contribution in [-0.2, 0) is 11.3 Å². The van der Waals surface area contributed by atoms with Gasteiger partial charge in [-0.25, -0.2) is 0 Å². The molecule has 1 amide bonds. The lowest BCUT2D eigenvalue weighted by Gasteiger charge is -2.08. The maximum Gasteiger partial charge on any atom is 0.258 e. The van der Waals surface area contributed by atoms with Crippen molar-refractivity contribution in [2.75, 3.05) is 0 Å². The predicted octanol–water partition coefficient (Wildman–Crippen LogP) is 2.13. The van der Waals surface area contributed by atoms with E-state index >= 15 is 0 Å². The number of benzene rings is 1. The summed E-state index contributed by atoms with van der Waals surface area (Å²) in [5.41, 5.74) is 5.87. The number of nitrogens with one attached hydrogen (secondary N) is 2. The van der Waals surface area contributed by atoms with E-state index < -0.39 is 0 Å². The van der Waals surface area contributed by atoms with Crippen molar-refractivity contribution in [2.24, 2.45) is 0 Å². The molecule has 1 aromatic carbocycles. The summed E-state index contributed by atoms with van der Waals surface area (Å²) < 4.78 is 2.04. The molecule has 2 aromatic rings. The van der Waals surface area contributed by atoms with Crippen LogP contribution >= 0.6 is 36.4 Å². The van der Waals surface area contributed by atoms with Crippen molar-refractivity contribution in [3.63, 3.8) is 0 Å². The number of halogens is 1. The zero-order chi connectivity index (χ0) is 13.1. The van der Waals surface area contributed by atoms with Crippen LogP contribution in [0.15, 0.2) is 30.5 Å². The van der Waals surface area contributed by atoms with Gasteiger partial charge in [-0.1, -0.05) is 23.8 Å². The molecular formula is C11H10ClN3OS2. The molecular weight excluding hydrogens is 290 g/mol. The lowest BCUT2D eigenvalue weighted by atomic mass is 10.2. The summed E-state index contributed by atoms with van der Waals surface area (Å²) in [5, 5.41) is 1.67. The second-order valence-electron chi connectivity index (χ2n) is 3.63. The smallest absolute Gasteiger partial charge is 0.258 e. The molecule has 0 aliphatic carbocycles. The van der Waals surface area contributed by atoms with Crippen molar-refractivity contribution >= 4 is 57.6 Å². The lowest BCUT2D eigenvalue weighted by Crippen LogP contribution is -2.40. The summed E-state index contributed by atoms with van der Waals surface area (Å²) in [6, 6.07) is 7.43. The molecule has 0 aliphatic heterocycles. The monoisotopic (exact) mass is 299 g/mol. The predicted molar refractivity (Wildman–Crippen MR) is 79.8 cm³/mol. The summed E-state index contributed by atoms with van der Waals surface area (Å²) in [6.07, 6.45) is 1.83. The van der Waals surface area contributed by atoms with Crippen LogP contribution in [0.2, 0.25) is 5.02 Å². The second kappa shape index (κ2) is 5.60. The van der Waals surface area contributed by atoms with E-state index in [2.05, 4.69) is 35.7 Å². The Morgan fingerprint density at radius 2 is 2.17 bits per heavy atom. The first-order valence-electron chi connectivity index (χ1n) is 5.08. The molecule has 0 fully saturated rings. The Bertz CT molecular complexity index is 611. The van der Waals surface area contributed by atoms with Gasteiger partial charge in [-0.2, -0.15) is 0 Å². The number of thiol groups is 1. The third-order valence-electron chi connectivity index (χ3n) is 2.36. The molecule has 2 N–H and O–H groups in total. The third-order valence-corrected chi connectivity index (χ3v) is 2.80. The molecule has 0 saturated heterocycles. The number of hydrogen-bond donors (Lipinski definition) is 3. The molecule has 0 aliphatic rings. The first-order chi connectivity index (χ1) is 8.56. The van der Waals surface area contributed by atoms with E-state index in [4.69, 9.17) is 11.6 Å². The van der Waals surface area contributed by atoms with Crippen LogP contribution in [0.1, 0.15) is 0 Å². The van der Waals surface area contributed by atoms with Crippen molar-refractivity contribution in [3.8, 4) is 0 Å². The molecule has 0 saturated carbocycles. The highest BCUT2D eigenvalue weighted by Gasteiger charge is 2.06. The molecule has 2 rings (SSSR count). The summed E-state index contributed by atoms with van der Waals surface area (Å²) in [4.78, 5) is 11.6. The fraction of sp³-hybridized carbons (Fsp3) is 0.0909. The highest BCUT2D eigenvalue weighted by Crippen LogP contribution is 2.20. The zero-order valence-corrected chi connectivity index (χ0v) is 11.6. The van der Waals surface area contributed by atoms with E-state index in [-0.39, 0.29) is 16.8 Å². The van der Waals surface area contributed by atoms with Gasteiger partial charge in [-0.3, -0.25) is 15.6 Å². The zero-order valence-electron chi connectivity index (χ0n) is 9.18. The van der Waals surface area contributed by atoms with Crippen LogP contribution in [-0.4, -0.2) is 14.8 Å². The molecule has 7 heteroatoms. The Morgan fingerprint density at radius 3 is 2.89 bits per heavy atom. The molecule has 0 bridgehead atoms. The van der Waals surface area contributed by atoms with E-state index in [0.717, 1.165) is 10.9 Å². The van der Waals surface area contributed by atoms with Gasteiger partial charge in [-0.15, -0.1) is 12.6 Å². The van der Waals surface area contributed by atoms with Gasteiger partial charge >= 0.3 is 0 Å². The Labute approximate surface area is 120 Å². The lowest BCUT2D eigenvalue weighted by molar-refractivity contribution is -0.122. The molecule has 1 aromatic heterocycles. The number of rotatable bonds is 2. The van der Waals surface area contributed by atoms with E-state index in [9.17, 15) is 4.79 Å². The number of carbonyl (C=O) groups excluding carboxylic acids is 1. The second-order valence-corrected chi connectivity index (χ2v) is 5.22. The molecule has 0 unspecified atom stereocenters. The average Bonchev–Trinajstić information content (AvgIpc) is 2.69. The van der Waals surface area contributed by atoms with Crippen molar-refractivity contribution in [1.82, 2.24) is 15.4 Å². The Kier molecular flexibility index (Phi) is 4.11. The van der Waals surface area contributed by atoms with Crippen LogP contribution in [0.3, 0.4) is 0 Å². The number of aromatic nitrogens is 1. The number of fused-ring (bicyclic) bond motifs is 1. The van der Waals surface area contributed by atoms with Crippen molar-refractivity contribution in [2.45, 2.75) is 6.54 Å². The van der Waals surface area contributed by atoms with Gasteiger partial charge in [0.05, 0.1) is 0 Å². The standard InChI is InChI=1S/C11H10ClN3OS2/c12-8-1-2-9-7(5-8)3-4-15(9)6-10(16)13-14-11(17)18/h1-5H,6H2,(H,13,16)(H2,14,17,18). The van der Waals surface area contributed by atoms with Crippen LogP contribution in [0.4, 0.5) is 0 Å². The Hall–Kier alpha value is -1.24. The highest BCUT2D eigenvalue weighted by molar-refractivity contribution is 8.11. The van der Waals surface area contributed by atoms with E-state index in [0.29, 0.717) is 5.02 Å². The topological polar surface area (TPSA) is 46.1 Å². The number of nitrogens with zero attached hydrogens (tertiary/aromatic N) is 1. The number of thiocarbonyl (C=S) groups is 1. The maximum atomic E-state index is 11.6. The van der Waals surface area contributed by atoms with Crippen molar-refractivity contribution in [3.05, 3.63) is 35.5 Å². The minimum Gasteiger partial charge on any atom is -0.338 e. The fourth-order valence-electron chi connectivity index (χ4n) is 1.63. The summed E-state index contributed by atoms with van der Waals surface area (Å²) >= 11 is 14.4. The summed E-state index contributed by atoms with van der Waals surface area (Å²) in [5.74, 6) is -0.209. The highest BCUT2D eigenvalue weighted by atomic mass is 35.5. The van der Waals surface area contributed by atoms with Crippen molar-refractivity contribution < 1.29 is 4.79 Å². The van der Waals surface area contributed by atoms with Crippen LogP contribution < -0.4 is 10.9 Å². The van der Waals surface area contributed by atoms with Crippen LogP contribution in [0.5, 0.6) is 0 Å². The largest absolute Gasteiger partial charge is 0.338 e. The molecule has 0 atom stereocenters. The minimum atomic E-state index is -0.209. The first kappa shape index (κ1) is 13.2. The van der Waals surface area contributed by atoms with Crippen LogP contribution in [0.25, 0.3) is 10.9 Å². The van der Waals surface area contributed by atoms with Gasteiger partial charge in [0.15, 0.2) is 0 Å². The van der Waals surface area contributed by atoms with Gasteiger partial charge < -0.3 is 4.57 Å².